The molecule has 2 heterocycles. The highest BCUT2D eigenvalue weighted by atomic mass is 16.3. The summed E-state index contributed by atoms with van der Waals surface area (Å²) in [4.78, 5) is 9.46. The molecule has 3 nitrogen and oxygen atoms in total. The van der Waals surface area contributed by atoms with Crippen LogP contribution in [0.1, 0.15) is 43.2 Å². The maximum absolute atomic E-state index is 6.37. The average Bonchev–Trinajstić information content (AvgIpc) is 3.76. The van der Waals surface area contributed by atoms with Gasteiger partial charge in [-0.15, -0.1) is 0 Å². The van der Waals surface area contributed by atoms with Crippen molar-refractivity contribution < 1.29 is 4.42 Å². The fraction of sp³-hybridized carbons (Fsp3) is 0.0714. The molecule has 10 aromatic rings. The van der Waals surface area contributed by atoms with Crippen LogP contribution in [0.25, 0.3) is 111 Å². The zero-order chi connectivity index (χ0) is 39.8. The first-order chi connectivity index (χ1) is 28.9. The SMILES string of the molecule is C=Cc1c(/C=C\C)oc2c(-c3ccc(-c4ccc5c(c4)C(C)(C)c4cc(-c6cccc(-c7ccc8c(c7)c7ccccc7c7nccnc87)c6)ccc4-5)cc3)cccc12. The van der Waals surface area contributed by atoms with Crippen LogP contribution >= 0.6 is 0 Å². The Morgan fingerprint density at radius 1 is 0.492 bits per heavy atom. The van der Waals surface area contributed by atoms with Gasteiger partial charge in [-0.25, -0.2) is 0 Å². The van der Waals surface area contributed by atoms with Crippen molar-refractivity contribution in [3.05, 3.63) is 193 Å². The van der Waals surface area contributed by atoms with Crippen LogP contribution in [0, 0.1) is 0 Å². The molecule has 0 N–H and O–H groups in total. The van der Waals surface area contributed by atoms with Crippen molar-refractivity contribution in [3.63, 3.8) is 0 Å². The zero-order valence-electron chi connectivity index (χ0n) is 33.3. The predicted molar refractivity (Wildman–Crippen MR) is 248 cm³/mol. The zero-order valence-corrected chi connectivity index (χ0v) is 33.3. The Morgan fingerprint density at radius 2 is 1.03 bits per heavy atom. The smallest absolute Gasteiger partial charge is 0.143 e. The molecule has 0 saturated carbocycles. The first kappa shape index (κ1) is 34.9. The van der Waals surface area contributed by atoms with Crippen LogP contribution < -0.4 is 0 Å². The Bertz CT molecular complexity index is 3350. The minimum absolute atomic E-state index is 0.165. The lowest BCUT2D eigenvalue weighted by molar-refractivity contribution is 0.604. The van der Waals surface area contributed by atoms with E-state index >= 15 is 0 Å². The number of fused-ring (bicyclic) bond motifs is 10. The largest absolute Gasteiger partial charge is 0.455 e. The lowest BCUT2D eigenvalue weighted by Crippen LogP contribution is -2.15. The van der Waals surface area contributed by atoms with Crippen LogP contribution in [-0.4, -0.2) is 9.97 Å². The standard InChI is InChI=1S/C56H40N2O/c1-5-11-52-41(6-2)48-17-10-16-42(55(48)59-52)35-20-18-34(19-21-35)39-22-25-44-45-26-23-40(33-51(45)56(3,4)50(44)32-39)37-13-9-12-36(30-37)38-24-27-47-49(31-38)43-14-7-8-15-46(43)53-54(47)58-29-28-57-53/h5-33H,2H2,1,3-4H3/b11-5-. The molecule has 1 aliphatic carbocycles. The fourth-order valence-electron chi connectivity index (χ4n) is 9.50. The Balaban J connectivity index is 0.914. The van der Waals surface area contributed by atoms with Gasteiger partial charge in [0, 0.05) is 45.1 Å². The van der Waals surface area contributed by atoms with Crippen LogP contribution in [-0.2, 0) is 5.41 Å². The van der Waals surface area contributed by atoms with Crippen molar-refractivity contribution in [2.75, 3.05) is 0 Å². The summed E-state index contributed by atoms with van der Waals surface area (Å²) in [5.41, 5.74) is 18.4. The fourth-order valence-corrected chi connectivity index (χ4v) is 9.50. The molecule has 0 amide bonds. The second-order valence-electron chi connectivity index (χ2n) is 16.1. The molecule has 0 aliphatic heterocycles. The molecule has 3 heteroatoms. The van der Waals surface area contributed by atoms with Crippen LogP contribution in [0.5, 0.6) is 0 Å². The summed E-state index contributed by atoms with van der Waals surface area (Å²) in [6.07, 6.45) is 9.45. The van der Waals surface area contributed by atoms with Gasteiger partial charge in [-0.05, 0) is 109 Å². The summed E-state index contributed by atoms with van der Waals surface area (Å²) < 4.78 is 6.37. The van der Waals surface area contributed by atoms with Gasteiger partial charge in [0.25, 0.3) is 0 Å². The van der Waals surface area contributed by atoms with E-state index in [0.29, 0.717) is 0 Å². The van der Waals surface area contributed by atoms with Crippen molar-refractivity contribution >= 4 is 55.7 Å². The van der Waals surface area contributed by atoms with E-state index in [-0.39, 0.29) is 5.41 Å². The van der Waals surface area contributed by atoms with Gasteiger partial charge in [0.15, 0.2) is 0 Å². The van der Waals surface area contributed by atoms with E-state index < -0.39 is 0 Å². The lowest BCUT2D eigenvalue weighted by Gasteiger charge is -2.23. The maximum atomic E-state index is 6.37. The van der Waals surface area contributed by atoms with Gasteiger partial charge in [0.2, 0.25) is 0 Å². The summed E-state index contributed by atoms with van der Waals surface area (Å²) in [6.45, 7) is 10.8. The summed E-state index contributed by atoms with van der Waals surface area (Å²) in [7, 11) is 0. The van der Waals surface area contributed by atoms with Gasteiger partial charge in [0.1, 0.15) is 11.3 Å². The van der Waals surface area contributed by atoms with E-state index in [4.69, 9.17) is 14.4 Å². The molecule has 0 unspecified atom stereocenters. The molecule has 280 valence electrons. The molecule has 0 saturated heterocycles. The number of rotatable bonds is 6. The summed E-state index contributed by atoms with van der Waals surface area (Å²) in [5, 5.41) is 5.71. The second-order valence-corrected chi connectivity index (χ2v) is 16.1. The van der Waals surface area contributed by atoms with Gasteiger partial charge >= 0.3 is 0 Å². The van der Waals surface area contributed by atoms with Gasteiger partial charge < -0.3 is 4.42 Å². The molecular formula is C56H40N2O. The number of nitrogens with zero attached hydrogens (tertiary/aromatic N) is 2. The number of benzene rings is 8. The quantitative estimate of drug-likeness (QED) is 0.159. The number of furan rings is 1. The van der Waals surface area contributed by atoms with Gasteiger partial charge in [0.05, 0.1) is 11.0 Å². The minimum Gasteiger partial charge on any atom is -0.455 e. The van der Waals surface area contributed by atoms with Crippen LogP contribution in [0.2, 0.25) is 0 Å². The molecule has 59 heavy (non-hydrogen) atoms. The van der Waals surface area contributed by atoms with Gasteiger partial charge in [-0.2, -0.15) is 0 Å². The van der Waals surface area contributed by atoms with Crippen molar-refractivity contribution in [2.24, 2.45) is 0 Å². The van der Waals surface area contributed by atoms with E-state index in [0.717, 1.165) is 55.2 Å². The molecule has 1 aliphatic rings. The van der Waals surface area contributed by atoms with Crippen molar-refractivity contribution in [2.45, 2.75) is 26.2 Å². The molecule has 2 aromatic heterocycles. The Kier molecular flexibility index (Phi) is 7.89. The molecule has 0 spiro atoms. The van der Waals surface area contributed by atoms with E-state index in [2.05, 4.69) is 166 Å². The highest BCUT2D eigenvalue weighted by Gasteiger charge is 2.36. The van der Waals surface area contributed by atoms with E-state index in [1.165, 1.54) is 66.4 Å². The van der Waals surface area contributed by atoms with Crippen molar-refractivity contribution in [1.29, 1.82) is 0 Å². The third-order valence-corrected chi connectivity index (χ3v) is 12.5. The van der Waals surface area contributed by atoms with Crippen LogP contribution in [0.3, 0.4) is 0 Å². The second kappa shape index (κ2) is 13.4. The van der Waals surface area contributed by atoms with E-state index in [9.17, 15) is 0 Å². The summed E-state index contributed by atoms with van der Waals surface area (Å²) in [6, 6.07) is 53.4. The third kappa shape index (κ3) is 5.42. The first-order valence-electron chi connectivity index (χ1n) is 20.3. The number of hydrogen-bond acceptors (Lipinski definition) is 3. The predicted octanol–water partition coefficient (Wildman–Crippen LogP) is 15.3. The Hall–Kier alpha value is -7.36. The highest BCUT2D eigenvalue weighted by molar-refractivity contribution is 6.23. The number of aromatic nitrogens is 2. The summed E-state index contributed by atoms with van der Waals surface area (Å²) >= 11 is 0. The van der Waals surface area contributed by atoms with Gasteiger partial charge in [-0.1, -0.05) is 154 Å². The van der Waals surface area contributed by atoms with E-state index in [1.54, 1.807) is 12.4 Å². The van der Waals surface area contributed by atoms with E-state index in [1.807, 2.05) is 25.2 Å². The molecule has 0 atom stereocenters. The first-order valence-corrected chi connectivity index (χ1v) is 20.3. The highest BCUT2D eigenvalue weighted by Crippen LogP contribution is 2.51. The van der Waals surface area contributed by atoms with Crippen LogP contribution in [0.15, 0.2) is 175 Å². The monoisotopic (exact) mass is 756 g/mol. The molecular weight excluding hydrogens is 717 g/mol. The minimum atomic E-state index is -0.165. The Morgan fingerprint density at radius 3 is 1.71 bits per heavy atom. The van der Waals surface area contributed by atoms with Crippen molar-refractivity contribution in [3.8, 4) is 55.6 Å². The van der Waals surface area contributed by atoms with Gasteiger partial charge in [-0.3, -0.25) is 9.97 Å². The molecule has 0 radical (unpaired) electrons. The molecule has 0 bridgehead atoms. The topological polar surface area (TPSA) is 38.9 Å². The maximum Gasteiger partial charge on any atom is 0.143 e. The average molecular weight is 757 g/mol. The Labute approximate surface area is 343 Å². The summed E-state index contributed by atoms with van der Waals surface area (Å²) in [5.74, 6) is 0.837. The number of allylic oxidation sites excluding steroid dienone is 1. The molecule has 0 fully saturated rings. The molecule has 8 aromatic carbocycles. The number of para-hydroxylation sites is 1. The normalized spacial score (nSPS) is 13.1. The van der Waals surface area contributed by atoms with Crippen molar-refractivity contribution in [1.82, 2.24) is 9.97 Å². The number of hydrogen-bond donors (Lipinski definition) is 0. The molecule has 11 rings (SSSR count). The third-order valence-electron chi connectivity index (χ3n) is 12.5. The lowest BCUT2D eigenvalue weighted by atomic mass is 9.80. The van der Waals surface area contributed by atoms with Crippen LogP contribution in [0.4, 0.5) is 0 Å².